The molecular formula is C16H20ClFN2O4S. The second kappa shape index (κ2) is 6.92. The van der Waals surface area contributed by atoms with Gasteiger partial charge in [0.15, 0.2) is 9.84 Å². The molecule has 1 atom stereocenters. The van der Waals surface area contributed by atoms with Crippen LogP contribution in [0.1, 0.15) is 20.3 Å². The van der Waals surface area contributed by atoms with Crippen LogP contribution in [0.15, 0.2) is 18.2 Å². The predicted molar refractivity (Wildman–Crippen MR) is 93.6 cm³/mol. The first-order valence-corrected chi connectivity index (χ1v) is 9.88. The minimum Gasteiger partial charge on any atom is -0.341 e. The van der Waals surface area contributed by atoms with E-state index in [0.717, 1.165) is 6.07 Å². The molecule has 2 amide bonds. The van der Waals surface area contributed by atoms with Gasteiger partial charge in [-0.15, -0.1) is 0 Å². The highest BCUT2D eigenvalue weighted by Gasteiger charge is 2.42. The van der Waals surface area contributed by atoms with E-state index in [-0.39, 0.29) is 22.2 Å². The molecule has 1 aromatic rings. The van der Waals surface area contributed by atoms with Crippen molar-refractivity contribution in [2.45, 2.75) is 26.3 Å². The normalized spacial score (nSPS) is 19.5. The number of nitrogens with one attached hydrogen (secondary N) is 1. The van der Waals surface area contributed by atoms with Gasteiger partial charge in [-0.2, -0.15) is 0 Å². The third-order valence-corrected chi connectivity index (χ3v) is 6.40. The molecule has 1 saturated heterocycles. The fourth-order valence-corrected chi connectivity index (χ4v) is 4.60. The summed E-state index contributed by atoms with van der Waals surface area (Å²) >= 11 is 5.68. The molecule has 0 aromatic heterocycles. The summed E-state index contributed by atoms with van der Waals surface area (Å²) < 4.78 is 36.4. The zero-order chi connectivity index (χ0) is 19.0. The molecule has 6 nitrogen and oxygen atoms in total. The van der Waals surface area contributed by atoms with E-state index < -0.39 is 38.9 Å². The van der Waals surface area contributed by atoms with Gasteiger partial charge in [-0.3, -0.25) is 9.59 Å². The molecule has 0 aliphatic carbocycles. The third-order valence-electron chi connectivity index (χ3n) is 4.36. The molecule has 138 valence electrons. The molecule has 0 spiro atoms. The Morgan fingerprint density at radius 1 is 1.36 bits per heavy atom. The summed E-state index contributed by atoms with van der Waals surface area (Å²) in [6.45, 7) is 2.91. The molecule has 0 radical (unpaired) electrons. The predicted octanol–water partition coefficient (Wildman–Crippen LogP) is 2.09. The van der Waals surface area contributed by atoms with Crippen molar-refractivity contribution in [1.82, 2.24) is 4.90 Å². The zero-order valence-corrected chi connectivity index (χ0v) is 15.7. The van der Waals surface area contributed by atoms with Crippen molar-refractivity contribution in [2.75, 3.05) is 23.9 Å². The largest absolute Gasteiger partial charge is 0.341 e. The lowest BCUT2D eigenvalue weighted by Crippen LogP contribution is -2.49. The number of nitrogens with zero attached hydrogens (tertiary/aromatic N) is 1. The second-order valence-corrected chi connectivity index (χ2v) is 9.32. The van der Waals surface area contributed by atoms with Gasteiger partial charge in [-0.1, -0.05) is 11.6 Å². The quantitative estimate of drug-likeness (QED) is 0.798. The summed E-state index contributed by atoms with van der Waals surface area (Å²) in [5, 5.41) is 2.39. The first-order chi connectivity index (χ1) is 11.4. The number of carbonyl (C=O) groups is 2. The Morgan fingerprint density at radius 3 is 2.52 bits per heavy atom. The van der Waals surface area contributed by atoms with E-state index in [4.69, 9.17) is 11.6 Å². The lowest BCUT2D eigenvalue weighted by molar-refractivity contribution is -0.146. The number of halogens is 2. The summed E-state index contributed by atoms with van der Waals surface area (Å²) in [6, 6.07) is 3.27. The van der Waals surface area contributed by atoms with Crippen LogP contribution in [-0.4, -0.2) is 49.7 Å². The van der Waals surface area contributed by atoms with Gasteiger partial charge in [0, 0.05) is 18.8 Å². The minimum absolute atomic E-state index is 0.0377. The summed E-state index contributed by atoms with van der Waals surface area (Å²) in [5.74, 6) is -1.75. The maximum atomic E-state index is 13.2. The van der Waals surface area contributed by atoms with E-state index in [2.05, 4.69) is 5.32 Å². The Bertz CT molecular complexity index is 810. The van der Waals surface area contributed by atoms with E-state index in [1.54, 1.807) is 0 Å². The Hall–Kier alpha value is -1.67. The molecular weight excluding hydrogens is 371 g/mol. The second-order valence-electron chi connectivity index (χ2n) is 6.68. The first kappa shape index (κ1) is 19.7. The van der Waals surface area contributed by atoms with Crippen LogP contribution in [0.4, 0.5) is 10.1 Å². The van der Waals surface area contributed by atoms with E-state index >= 15 is 0 Å². The fourth-order valence-electron chi connectivity index (χ4n) is 2.65. The number of benzene rings is 1. The molecule has 2 rings (SSSR count). The lowest BCUT2D eigenvalue weighted by atomic mass is 9.89. The highest BCUT2D eigenvalue weighted by molar-refractivity contribution is 7.91. The molecule has 1 N–H and O–H groups in total. The molecule has 1 fully saturated rings. The number of anilines is 1. The van der Waals surface area contributed by atoms with Crippen molar-refractivity contribution in [3.63, 3.8) is 0 Å². The number of sulfone groups is 1. The lowest BCUT2D eigenvalue weighted by Gasteiger charge is -2.31. The third kappa shape index (κ3) is 4.30. The Labute approximate surface area is 151 Å². The SMILES string of the molecule is CN(C(=O)C(C)(C)C(=O)Nc1ccc(F)c(Cl)c1)C1CCS(=O)(=O)C1. The van der Waals surface area contributed by atoms with Crippen molar-refractivity contribution >= 4 is 38.9 Å². The zero-order valence-electron chi connectivity index (χ0n) is 14.2. The van der Waals surface area contributed by atoms with Gasteiger partial charge in [0.05, 0.1) is 16.5 Å². The minimum atomic E-state index is -3.14. The Balaban J connectivity index is 2.11. The Kier molecular flexibility index (Phi) is 5.44. The van der Waals surface area contributed by atoms with Gasteiger partial charge >= 0.3 is 0 Å². The van der Waals surface area contributed by atoms with Crippen LogP contribution in [0, 0.1) is 11.2 Å². The number of amides is 2. The topological polar surface area (TPSA) is 83.6 Å². The molecule has 1 aliphatic heterocycles. The average Bonchev–Trinajstić information content (AvgIpc) is 2.89. The molecule has 25 heavy (non-hydrogen) atoms. The van der Waals surface area contributed by atoms with Crippen LogP contribution in [0.2, 0.25) is 5.02 Å². The van der Waals surface area contributed by atoms with Crippen LogP contribution < -0.4 is 5.32 Å². The Morgan fingerprint density at radius 2 is 2.00 bits per heavy atom. The van der Waals surface area contributed by atoms with Gasteiger partial charge in [0.2, 0.25) is 11.8 Å². The van der Waals surface area contributed by atoms with Gasteiger partial charge in [-0.25, -0.2) is 12.8 Å². The van der Waals surface area contributed by atoms with Crippen molar-refractivity contribution in [3.8, 4) is 0 Å². The smallest absolute Gasteiger partial charge is 0.239 e. The van der Waals surface area contributed by atoms with Crippen LogP contribution >= 0.6 is 11.6 Å². The van der Waals surface area contributed by atoms with Crippen LogP contribution in [0.3, 0.4) is 0 Å². The van der Waals surface area contributed by atoms with E-state index in [1.807, 2.05) is 0 Å². The molecule has 9 heteroatoms. The van der Waals surface area contributed by atoms with Crippen LogP contribution in [0.5, 0.6) is 0 Å². The summed E-state index contributed by atoms with van der Waals surface area (Å²) in [7, 11) is -1.64. The van der Waals surface area contributed by atoms with E-state index in [9.17, 15) is 22.4 Å². The van der Waals surface area contributed by atoms with Crippen molar-refractivity contribution in [3.05, 3.63) is 29.0 Å². The molecule has 1 unspecified atom stereocenters. The maximum Gasteiger partial charge on any atom is 0.239 e. The van der Waals surface area contributed by atoms with Gasteiger partial charge < -0.3 is 10.2 Å². The van der Waals surface area contributed by atoms with Crippen molar-refractivity contribution < 1.29 is 22.4 Å². The first-order valence-electron chi connectivity index (χ1n) is 7.68. The standard InChI is InChI=1S/C16H20ClFN2O4S/c1-16(2,14(21)19-10-4-5-13(18)12(17)8-10)15(22)20(3)11-6-7-25(23,24)9-11/h4-5,8,11H,6-7,9H2,1-3H3,(H,19,21). The van der Waals surface area contributed by atoms with Crippen LogP contribution in [0.25, 0.3) is 0 Å². The molecule has 1 heterocycles. The molecule has 1 aliphatic rings. The van der Waals surface area contributed by atoms with Crippen LogP contribution in [-0.2, 0) is 19.4 Å². The monoisotopic (exact) mass is 390 g/mol. The van der Waals surface area contributed by atoms with Gasteiger partial charge in [0.1, 0.15) is 11.2 Å². The number of carbonyl (C=O) groups excluding carboxylic acids is 2. The van der Waals surface area contributed by atoms with Crippen molar-refractivity contribution in [2.24, 2.45) is 5.41 Å². The van der Waals surface area contributed by atoms with E-state index in [1.165, 1.54) is 37.9 Å². The summed E-state index contributed by atoms with van der Waals surface area (Å²) in [5.41, 5.74) is -1.16. The van der Waals surface area contributed by atoms with Gasteiger partial charge in [-0.05, 0) is 38.5 Å². The highest BCUT2D eigenvalue weighted by atomic mass is 35.5. The average molecular weight is 391 g/mol. The molecule has 0 saturated carbocycles. The van der Waals surface area contributed by atoms with Crippen molar-refractivity contribution in [1.29, 1.82) is 0 Å². The van der Waals surface area contributed by atoms with E-state index in [0.29, 0.717) is 6.42 Å². The fraction of sp³-hybridized carbons (Fsp3) is 0.500. The molecule has 0 bridgehead atoms. The maximum absolute atomic E-state index is 13.2. The number of hydrogen-bond acceptors (Lipinski definition) is 4. The van der Waals surface area contributed by atoms with Gasteiger partial charge in [0.25, 0.3) is 0 Å². The summed E-state index contributed by atoms with van der Waals surface area (Å²) in [6.07, 6.45) is 0.357. The summed E-state index contributed by atoms with van der Waals surface area (Å²) in [4.78, 5) is 26.5. The highest BCUT2D eigenvalue weighted by Crippen LogP contribution is 2.26. The molecule has 1 aromatic carbocycles. The number of rotatable bonds is 4. The number of hydrogen-bond donors (Lipinski definition) is 1.